The van der Waals surface area contributed by atoms with Crippen LogP contribution >= 0.6 is 16.3 Å². The number of hydrogen-bond donors (Lipinski definition) is 0. The summed E-state index contributed by atoms with van der Waals surface area (Å²) < 4.78 is 14.2. The van der Waals surface area contributed by atoms with Crippen LogP contribution in [-0.2, 0) is 18.1 Å². The molecule has 4 nitrogen and oxygen atoms in total. The molecule has 0 aromatic carbocycles. The highest BCUT2D eigenvalue weighted by atomic mass is 79.9. The molecule has 1 heterocycles. The molecule has 1 fully saturated rings. The van der Waals surface area contributed by atoms with E-state index in [1.165, 1.54) is 0 Å². The number of hydrogen-bond acceptors (Lipinski definition) is 4. The van der Waals surface area contributed by atoms with E-state index in [-0.39, 0.29) is 6.61 Å². The minimum atomic E-state index is -0.562. The van der Waals surface area contributed by atoms with Crippen molar-refractivity contribution in [1.82, 2.24) is 0 Å². The van der Waals surface area contributed by atoms with Crippen molar-refractivity contribution < 1.29 is 18.1 Å². The van der Waals surface area contributed by atoms with Crippen LogP contribution in [0.2, 0.25) is 0 Å². The molecule has 0 radical (unpaired) electrons. The van der Waals surface area contributed by atoms with Gasteiger partial charge in [0, 0.05) is 0 Å². The lowest BCUT2D eigenvalue weighted by molar-refractivity contribution is -0.159. The molecule has 58 valence electrons. The number of halogens is 1. The van der Waals surface area contributed by atoms with Gasteiger partial charge in [-0.25, -0.2) is 4.79 Å². The molecule has 0 N–H and O–H groups in total. The standard InChI is InChI=1S/C5H7BrO4/c6-10-5(7)4-3-8-1-2-9-4/h4H,1-3H2. The van der Waals surface area contributed by atoms with Crippen molar-refractivity contribution in [3.05, 3.63) is 0 Å². The quantitative estimate of drug-likeness (QED) is 0.623. The monoisotopic (exact) mass is 210 g/mol. The molecule has 0 bridgehead atoms. The molecule has 1 atom stereocenters. The first-order valence-electron chi connectivity index (χ1n) is 2.86. The Morgan fingerprint density at radius 2 is 2.40 bits per heavy atom. The molecule has 1 aliphatic rings. The second kappa shape index (κ2) is 3.90. The van der Waals surface area contributed by atoms with Gasteiger partial charge in [0.1, 0.15) is 0 Å². The first-order chi connectivity index (χ1) is 4.84. The highest BCUT2D eigenvalue weighted by Gasteiger charge is 2.23. The van der Waals surface area contributed by atoms with E-state index < -0.39 is 12.1 Å². The van der Waals surface area contributed by atoms with Gasteiger partial charge in [0.2, 0.25) is 0 Å². The smallest absolute Gasteiger partial charge is 0.349 e. The van der Waals surface area contributed by atoms with E-state index >= 15 is 0 Å². The normalized spacial score (nSPS) is 25.9. The van der Waals surface area contributed by atoms with Crippen LogP contribution in [0.3, 0.4) is 0 Å². The van der Waals surface area contributed by atoms with Crippen molar-refractivity contribution in [2.24, 2.45) is 0 Å². The Labute approximate surface area is 66.9 Å². The van der Waals surface area contributed by atoms with Crippen LogP contribution in [0.25, 0.3) is 0 Å². The molecule has 0 saturated carbocycles. The predicted molar refractivity (Wildman–Crippen MR) is 35.6 cm³/mol. The van der Waals surface area contributed by atoms with Gasteiger partial charge in [0.25, 0.3) is 0 Å². The molecule has 0 spiro atoms. The van der Waals surface area contributed by atoms with Crippen LogP contribution in [0.1, 0.15) is 0 Å². The first kappa shape index (κ1) is 7.97. The summed E-state index contributed by atoms with van der Waals surface area (Å²) in [6, 6.07) is 0. The highest BCUT2D eigenvalue weighted by Crippen LogP contribution is 2.04. The van der Waals surface area contributed by atoms with Gasteiger partial charge in [-0.15, -0.1) is 0 Å². The van der Waals surface area contributed by atoms with E-state index in [0.29, 0.717) is 13.2 Å². The molecule has 1 rings (SSSR count). The molecule has 0 aliphatic carbocycles. The molecular formula is C5H7BrO4. The van der Waals surface area contributed by atoms with E-state index in [9.17, 15) is 4.79 Å². The van der Waals surface area contributed by atoms with Crippen LogP contribution in [0.15, 0.2) is 0 Å². The van der Waals surface area contributed by atoms with E-state index in [1.54, 1.807) is 0 Å². The Morgan fingerprint density at radius 3 is 2.90 bits per heavy atom. The number of carbonyl (C=O) groups excluding carboxylic acids is 1. The average Bonchev–Trinajstić information content (AvgIpc) is 2.05. The first-order valence-corrected chi connectivity index (χ1v) is 3.51. The Bertz CT molecular complexity index is 121. The average molecular weight is 211 g/mol. The SMILES string of the molecule is O=C(OBr)C1COCCO1. The van der Waals surface area contributed by atoms with Gasteiger partial charge in [0.05, 0.1) is 19.8 Å². The van der Waals surface area contributed by atoms with Crippen LogP contribution in [0.5, 0.6) is 0 Å². The fourth-order valence-corrected chi connectivity index (χ4v) is 0.882. The zero-order chi connectivity index (χ0) is 7.40. The van der Waals surface area contributed by atoms with Crippen LogP contribution in [-0.4, -0.2) is 31.9 Å². The van der Waals surface area contributed by atoms with Gasteiger partial charge >= 0.3 is 5.97 Å². The maximum atomic E-state index is 10.7. The zero-order valence-corrected chi connectivity index (χ0v) is 6.80. The van der Waals surface area contributed by atoms with Crippen LogP contribution in [0, 0.1) is 0 Å². The molecular weight excluding hydrogens is 204 g/mol. The maximum absolute atomic E-state index is 10.7. The van der Waals surface area contributed by atoms with Crippen molar-refractivity contribution in [3.63, 3.8) is 0 Å². The topological polar surface area (TPSA) is 44.8 Å². The van der Waals surface area contributed by atoms with E-state index in [0.717, 1.165) is 0 Å². The molecule has 1 saturated heterocycles. The second-order valence-electron chi connectivity index (χ2n) is 1.83. The zero-order valence-electron chi connectivity index (χ0n) is 5.21. The molecule has 0 amide bonds. The second-order valence-corrected chi connectivity index (χ2v) is 2.15. The van der Waals surface area contributed by atoms with E-state index in [2.05, 4.69) is 20.1 Å². The van der Waals surface area contributed by atoms with Crippen LogP contribution < -0.4 is 0 Å². The van der Waals surface area contributed by atoms with Gasteiger partial charge < -0.3 is 13.3 Å². The van der Waals surface area contributed by atoms with Crippen molar-refractivity contribution in [3.8, 4) is 0 Å². The van der Waals surface area contributed by atoms with Crippen molar-refractivity contribution >= 4 is 22.2 Å². The Hall–Kier alpha value is -0.130. The third-order valence-electron chi connectivity index (χ3n) is 1.15. The molecule has 0 aromatic rings. The summed E-state index contributed by atoms with van der Waals surface area (Å²) in [7, 11) is 0. The lowest BCUT2D eigenvalue weighted by Gasteiger charge is -2.19. The molecule has 1 aliphatic heterocycles. The van der Waals surface area contributed by atoms with Crippen LogP contribution in [0.4, 0.5) is 0 Å². The molecule has 5 heteroatoms. The lowest BCUT2D eigenvalue weighted by Crippen LogP contribution is -2.35. The largest absolute Gasteiger partial charge is 0.382 e. The molecule has 0 aromatic heterocycles. The van der Waals surface area contributed by atoms with Gasteiger partial charge in [-0.1, -0.05) is 0 Å². The molecule has 10 heavy (non-hydrogen) atoms. The lowest BCUT2D eigenvalue weighted by atomic mass is 10.4. The third kappa shape index (κ3) is 1.93. The van der Waals surface area contributed by atoms with E-state index in [4.69, 9.17) is 9.47 Å². The minimum Gasteiger partial charge on any atom is -0.382 e. The summed E-state index contributed by atoms with van der Waals surface area (Å²) >= 11 is 2.57. The fraction of sp³-hybridized carbons (Fsp3) is 0.800. The summed E-state index contributed by atoms with van der Waals surface area (Å²) in [5.74, 6) is -0.445. The van der Waals surface area contributed by atoms with Gasteiger partial charge in [-0.05, 0) is 0 Å². The summed E-state index contributed by atoms with van der Waals surface area (Å²) in [4.78, 5) is 10.7. The van der Waals surface area contributed by atoms with E-state index in [1.807, 2.05) is 0 Å². The number of rotatable bonds is 1. The van der Waals surface area contributed by atoms with Gasteiger partial charge in [-0.3, -0.25) is 0 Å². The Morgan fingerprint density at radius 1 is 1.60 bits per heavy atom. The van der Waals surface area contributed by atoms with Crippen molar-refractivity contribution in [1.29, 1.82) is 0 Å². The van der Waals surface area contributed by atoms with Crippen molar-refractivity contribution in [2.45, 2.75) is 6.10 Å². The summed E-state index contributed by atoms with van der Waals surface area (Å²) in [5, 5.41) is 0. The summed E-state index contributed by atoms with van der Waals surface area (Å²) in [6.07, 6.45) is -0.562. The summed E-state index contributed by atoms with van der Waals surface area (Å²) in [5.41, 5.74) is 0. The fourth-order valence-electron chi connectivity index (χ4n) is 0.674. The highest BCUT2D eigenvalue weighted by molar-refractivity contribution is 9.06. The molecule has 1 unspecified atom stereocenters. The number of carbonyl (C=O) groups is 1. The Kier molecular flexibility index (Phi) is 3.11. The van der Waals surface area contributed by atoms with Crippen molar-refractivity contribution in [2.75, 3.05) is 19.8 Å². The Balaban J connectivity index is 2.31. The maximum Gasteiger partial charge on any atom is 0.349 e. The number of ether oxygens (including phenoxy) is 2. The summed E-state index contributed by atoms with van der Waals surface area (Å²) in [6.45, 7) is 1.28. The van der Waals surface area contributed by atoms with Gasteiger partial charge in [0.15, 0.2) is 22.4 Å². The third-order valence-corrected chi connectivity index (χ3v) is 1.47. The minimum absolute atomic E-state index is 0.282. The van der Waals surface area contributed by atoms with Gasteiger partial charge in [-0.2, -0.15) is 0 Å². The predicted octanol–water partition coefficient (Wildman–Crippen LogP) is 0.255.